The fourth-order valence-electron chi connectivity index (χ4n) is 3.50. The first-order chi connectivity index (χ1) is 16.3. The zero-order chi connectivity index (χ0) is 24.2. The number of nitrogens with one attached hydrogen (secondary N) is 1. The van der Waals surface area contributed by atoms with E-state index in [9.17, 15) is 14.4 Å². The van der Waals surface area contributed by atoms with Crippen LogP contribution in [0.25, 0.3) is 10.9 Å². The summed E-state index contributed by atoms with van der Waals surface area (Å²) in [6.45, 7) is 5.66. The van der Waals surface area contributed by atoms with Gasteiger partial charge in [-0.25, -0.2) is 4.98 Å². The molecule has 0 unspecified atom stereocenters. The number of benzene rings is 3. The third-order valence-corrected chi connectivity index (χ3v) is 6.59. The van der Waals surface area contributed by atoms with Crippen LogP contribution >= 0.6 is 11.8 Å². The zero-order valence-corrected chi connectivity index (χ0v) is 20.1. The van der Waals surface area contributed by atoms with E-state index in [0.717, 1.165) is 11.1 Å². The van der Waals surface area contributed by atoms with E-state index in [1.54, 1.807) is 47.9 Å². The van der Waals surface area contributed by atoms with Crippen molar-refractivity contribution >= 4 is 40.0 Å². The molecule has 0 saturated heterocycles. The van der Waals surface area contributed by atoms with E-state index >= 15 is 0 Å². The lowest BCUT2D eigenvalue weighted by Crippen LogP contribution is -2.27. The van der Waals surface area contributed by atoms with Crippen LogP contribution < -0.4 is 10.9 Å². The quantitative estimate of drug-likeness (QED) is 0.231. The summed E-state index contributed by atoms with van der Waals surface area (Å²) in [5, 5.41) is 3.39. The van der Waals surface area contributed by atoms with Gasteiger partial charge in [0, 0.05) is 11.3 Å². The lowest BCUT2D eigenvalue weighted by Gasteiger charge is -2.17. The normalized spacial score (nSPS) is 11.9. The zero-order valence-electron chi connectivity index (χ0n) is 19.2. The van der Waals surface area contributed by atoms with Gasteiger partial charge in [0.2, 0.25) is 5.91 Å². The first-order valence-electron chi connectivity index (χ1n) is 11.0. The molecular weight excluding hydrogens is 446 g/mol. The summed E-state index contributed by atoms with van der Waals surface area (Å²) in [4.78, 5) is 42.4. The maximum atomic E-state index is 13.3. The smallest absolute Gasteiger partial charge is 0.262 e. The molecule has 3 aromatic carbocycles. The summed E-state index contributed by atoms with van der Waals surface area (Å²) in [5.41, 5.74) is 3.77. The van der Waals surface area contributed by atoms with Gasteiger partial charge in [0.15, 0.2) is 10.9 Å². The van der Waals surface area contributed by atoms with Crippen LogP contribution in [0.1, 0.15) is 35.3 Å². The highest BCUT2D eigenvalue weighted by Gasteiger charge is 2.20. The molecule has 34 heavy (non-hydrogen) atoms. The molecular formula is C27H25N3O3S. The van der Waals surface area contributed by atoms with Gasteiger partial charge in [0.25, 0.3) is 5.56 Å². The molecule has 7 heteroatoms. The van der Waals surface area contributed by atoms with Gasteiger partial charge in [-0.15, -0.1) is 0 Å². The largest absolute Gasteiger partial charge is 0.325 e. The number of carbonyl (C=O) groups excluding carboxylic acids is 2. The first-order valence-corrected chi connectivity index (χ1v) is 11.8. The number of amides is 1. The summed E-state index contributed by atoms with van der Waals surface area (Å²) < 4.78 is 1.63. The van der Waals surface area contributed by atoms with Crippen molar-refractivity contribution in [2.45, 2.75) is 37.7 Å². The summed E-state index contributed by atoms with van der Waals surface area (Å²) >= 11 is 1.24. The molecule has 0 aliphatic heterocycles. The third-order valence-electron chi connectivity index (χ3n) is 5.50. The van der Waals surface area contributed by atoms with E-state index < -0.39 is 5.25 Å². The Hall–Kier alpha value is -3.71. The molecule has 172 valence electrons. The van der Waals surface area contributed by atoms with Gasteiger partial charge in [-0.05, 0) is 62.7 Å². The maximum absolute atomic E-state index is 13.3. The van der Waals surface area contributed by atoms with E-state index in [2.05, 4.69) is 5.32 Å². The van der Waals surface area contributed by atoms with E-state index in [-0.39, 0.29) is 17.2 Å². The van der Waals surface area contributed by atoms with Crippen molar-refractivity contribution in [2.24, 2.45) is 0 Å². The Morgan fingerprint density at radius 1 is 1.00 bits per heavy atom. The molecule has 4 rings (SSSR count). The molecule has 4 aromatic rings. The number of thioether (sulfide) groups is 1. The topological polar surface area (TPSA) is 81.1 Å². The third kappa shape index (κ3) is 5.26. The van der Waals surface area contributed by atoms with Gasteiger partial charge in [0.1, 0.15) is 0 Å². The number of para-hydroxylation sites is 1. The highest BCUT2D eigenvalue weighted by atomic mass is 32.2. The molecule has 0 aliphatic rings. The first kappa shape index (κ1) is 23.4. The van der Waals surface area contributed by atoms with Gasteiger partial charge < -0.3 is 5.32 Å². The number of hydrogen-bond acceptors (Lipinski definition) is 5. The Balaban J connectivity index is 1.61. The predicted molar refractivity (Wildman–Crippen MR) is 137 cm³/mol. The molecule has 0 spiro atoms. The van der Waals surface area contributed by atoms with Crippen LogP contribution in [0.2, 0.25) is 0 Å². The lowest BCUT2D eigenvalue weighted by atomic mass is 10.1. The van der Waals surface area contributed by atoms with Gasteiger partial charge in [0.05, 0.1) is 22.7 Å². The Morgan fingerprint density at radius 2 is 1.68 bits per heavy atom. The van der Waals surface area contributed by atoms with E-state index in [1.807, 2.05) is 43.3 Å². The number of carbonyl (C=O) groups is 2. The number of ketones is 1. The second-order valence-corrected chi connectivity index (χ2v) is 9.48. The predicted octanol–water partition coefficient (Wildman–Crippen LogP) is 5.08. The monoisotopic (exact) mass is 471 g/mol. The Bertz CT molecular complexity index is 1410. The highest BCUT2D eigenvalue weighted by Crippen LogP contribution is 2.24. The van der Waals surface area contributed by atoms with Crippen molar-refractivity contribution in [1.29, 1.82) is 0 Å². The summed E-state index contributed by atoms with van der Waals surface area (Å²) in [7, 11) is 0. The highest BCUT2D eigenvalue weighted by molar-refractivity contribution is 8.00. The Labute approximate surface area is 202 Å². The van der Waals surface area contributed by atoms with Crippen LogP contribution in [0.5, 0.6) is 0 Å². The summed E-state index contributed by atoms with van der Waals surface area (Å²) in [6.07, 6.45) is 0. The molecule has 0 bridgehead atoms. The molecule has 0 radical (unpaired) electrons. The van der Waals surface area contributed by atoms with Crippen LogP contribution in [0.15, 0.2) is 82.7 Å². The van der Waals surface area contributed by atoms with Crippen molar-refractivity contribution in [2.75, 3.05) is 5.32 Å². The van der Waals surface area contributed by atoms with Gasteiger partial charge in [-0.2, -0.15) is 0 Å². The van der Waals surface area contributed by atoms with Crippen molar-refractivity contribution in [3.05, 3.63) is 99.8 Å². The van der Waals surface area contributed by atoms with E-state index in [4.69, 9.17) is 4.98 Å². The number of aromatic nitrogens is 2. The molecule has 0 aliphatic carbocycles. The SMILES string of the molecule is CC(=O)c1ccc(NC(=O)[C@@H](C)Sc2nc3ccccc3c(=O)n2Cc2ccc(C)cc2)cc1. The average Bonchev–Trinajstić information content (AvgIpc) is 2.83. The Kier molecular flexibility index (Phi) is 6.93. The summed E-state index contributed by atoms with van der Waals surface area (Å²) in [5.74, 6) is -0.249. The number of Topliss-reactive ketones (excluding diaryl/α,β-unsaturated/α-hetero) is 1. The van der Waals surface area contributed by atoms with Gasteiger partial charge in [-0.1, -0.05) is 53.7 Å². The summed E-state index contributed by atoms with van der Waals surface area (Å²) in [6, 6.07) is 22.0. The molecule has 1 N–H and O–H groups in total. The second kappa shape index (κ2) is 10.1. The molecule has 1 atom stereocenters. The minimum Gasteiger partial charge on any atom is -0.325 e. The van der Waals surface area contributed by atoms with E-state index in [1.165, 1.54) is 18.7 Å². The minimum atomic E-state index is -0.509. The van der Waals surface area contributed by atoms with Crippen LogP contribution in [0.3, 0.4) is 0 Å². The molecule has 0 fully saturated rings. The van der Waals surface area contributed by atoms with Crippen LogP contribution in [0, 0.1) is 6.92 Å². The van der Waals surface area contributed by atoms with E-state index in [0.29, 0.717) is 33.9 Å². The Morgan fingerprint density at radius 3 is 2.35 bits per heavy atom. The fraction of sp³-hybridized carbons (Fsp3) is 0.185. The molecule has 1 amide bonds. The molecule has 6 nitrogen and oxygen atoms in total. The van der Waals surface area contributed by atoms with Crippen molar-refractivity contribution < 1.29 is 9.59 Å². The number of rotatable bonds is 7. The van der Waals surface area contributed by atoms with Crippen LogP contribution in [-0.4, -0.2) is 26.5 Å². The van der Waals surface area contributed by atoms with Gasteiger partial charge >= 0.3 is 0 Å². The number of nitrogens with zero attached hydrogens (tertiary/aromatic N) is 2. The lowest BCUT2D eigenvalue weighted by molar-refractivity contribution is -0.115. The van der Waals surface area contributed by atoms with Crippen LogP contribution in [-0.2, 0) is 11.3 Å². The standard InChI is InChI=1S/C27H25N3O3S/c1-17-8-10-20(11-9-17)16-30-26(33)23-6-4-5-7-24(23)29-27(30)34-19(3)25(32)28-22-14-12-21(13-15-22)18(2)31/h4-15,19H,16H2,1-3H3,(H,28,32)/t19-/m1/s1. The van der Waals surface area contributed by atoms with Crippen molar-refractivity contribution in [3.8, 4) is 0 Å². The molecule has 1 aromatic heterocycles. The van der Waals surface area contributed by atoms with Crippen molar-refractivity contribution in [1.82, 2.24) is 9.55 Å². The number of aryl methyl sites for hydroxylation is 1. The molecule has 1 heterocycles. The molecule has 0 saturated carbocycles. The maximum Gasteiger partial charge on any atom is 0.262 e. The van der Waals surface area contributed by atoms with Gasteiger partial charge in [-0.3, -0.25) is 19.0 Å². The number of fused-ring (bicyclic) bond motifs is 1. The number of anilines is 1. The average molecular weight is 472 g/mol. The van der Waals surface area contributed by atoms with Crippen LogP contribution in [0.4, 0.5) is 5.69 Å². The second-order valence-electron chi connectivity index (χ2n) is 8.17. The minimum absolute atomic E-state index is 0.0317. The fourth-order valence-corrected chi connectivity index (χ4v) is 4.40. The number of hydrogen-bond donors (Lipinski definition) is 1. The van der Waals surface area contributed by atoms with Crippen molar-refractivity contribution in [3.63, 3.8) is 0 Å².